The van der Waals surface area contributed by atoms with Gasteiger partial charge in [-0.1, -0.05) is 39.0 Å². The second-order valence-electron chi connectivity index (χ2n) is 14.3. The van der Waals surface area contributed by atoms with Gasteiger partial charge in [0.15, 0.2) is 14.0 Å². The van der Waals surface area contributed by atoms with Gasteiger partial charge >= 0.3 is 12.8 Å². The third kappa shape index (κ3) is 5.38. The standard InChI is InChI=1S/C31H46BN3O4Si/c1-29(2,3)40(8,9)37-25-17-15-22(16-18-25)21-34-26-19-23(32-38-30(4,5)31(6,7)39-32)20-33-27(26)35(28(34)36)24-13-11-10-12-14-24/h10-14,19-20,22,25H,15-18,21H2,1-9H3. The van der Waals surface area contributed by atoms with Crippen LogP contribution in [0.25, 0.3) is 16.9 Å². The predicted octanol–water partition coefficient (Wildman–Crippen LogP) is 6.07. The van der Waals surface area contributed by atoms with Crippen LogP contribution >= 0.6 is 0 Å². The summed E-state index contributed by atoms with van der Waals surface area (Å²) in [4.78, 5) is 18.8. The summed E-state index contributed by atoms with van der Waals surface area (Å²) >= 11 is 0. The van der Waals surface area contributed by atoms with Crippen LogP contribution in [0.3, 0.4) is 0 Å². The molecule has 40 heavy (non-hydrogen) atoms. The fourth-order valence-electron chi connectivity index (χ4n) is 5.52. The van der Waals surface area contributed by atoms with E-state index < -0.39 is 26.6 Å². The molecular formula is C31H46BN3O4Si. The molecule has 1 aromatic carbocycles. The predicted molar refractivity (Wildman–Crippen MR) is 165 cm³/mol. The number of rotatable bonds is 6. The van der Waals surface area contributed by atoms with Crippen molar-refractivity contribution in [1.82, 2.24) is 14.1 Å². The van der Waals surface area contributed by atoms with E-state index in [1.807, 2.05) is 68.7 Å². The van der Waals surface area contributed by atoms with Crippen LogP contribution in [0.5, 0.6) is 0 Å². The topological polar surface area (TPSA) is 67.5 Å². The van der Waals surface area contributed by atoms with Crippen LogP contribution < -0.4 is 11.2 Å². The monoisotopic (exact) mass is 563 g/mol. The second kappa shape index (κ2) is 10.3. The van der Waals surface area contributed by atoms with Gasteiger partial charge in [0.2, 0.25) is 0 Å². The van der Waals surface area contributed by atoms with Crippen molar-refractivity contribution in [2.75, 3.05) is 0 Å². The molecule has 0 atom stereocenters. The van der Waals surface area contributed by atoms with Gasteiger partial charge in [-0.05, 0) is 95.6 Å². The largest absolute Gasteiger partial charge is 0.496 e. The Morgan fingerprint density at radius 3 is 2.20 bits per heavy atom. The highest BCUT2D eigenvalue weighted by Crippen LogP contribution is 2.40. The van der Waals surface area contributed by atoms with E-state index in [-0.39, 0.29) is 10.7 Å². The van der Waals surface area contributed by atoms with E-state index in [9.17, 15) is 4.79 Å². The number of para-hydroxylation sites is 1. The number of imidazole rings is 1. The Morgan fingerprint density at radius 2 is 1.62 bits per heavy atom. The molecule has 1 aliphatic carbocycles. The Labute approximate surface area is 240 Å². The van der Waals surface area contributed by atoms with E-state index >= 15 is 0 Å². The first kappa shape index (κ1) is 29.3. The van der Waals surface area contributed by atoms with Crippen LogP contribution in [0, 0.1) is 5.92 Å². The van der Waals surface area contributed by atoms with Crippen LogP contribution in [0.4, 0.5) is 0 Å². The minimum atomic E-state index is -1.80. The molecule has 1 saturated heterocycles. The van der Waals surface area contributed by atoms with Crippen LogP contribution in [0.1, 0.15) is 74.1 Å². The molecule has 0 amide bonds. The molecule has 2 fully saturated rings. The Balaban J connectivity index is 1.44. The van der Waals surface area contributed by atoms with Gasteiger partial charge in [0, 0.05) is 24.3 Å². The lowest BCUT2D eigenvalue weighted by Gasteiger charge is -2.41. The molecular weight excluding hydrogens is 517 g/mol. The molecule has 0 bridgehead atoms. The Morgan fingerprint density at radius 1 is 1.02 bits per heavy atom. The van der Waals surface area contributed by atoms with E-state index in [0.29, 0.717) is 24.2 Å². The van der Waals surface area contributed by atoms with Gasteiger partial charge in [-0.25, -0.2) is 14.3 Å². The lowest BCUT2D eigenvalue weighted by atomic mass is 9.80. The number of hydrogen-bond acceptors (Lipinski definition) is 5. The van der Waals surface area contributed by atoms with Gasteiger partial charge in [-0.3, -0.25) is 4.57 Å². The molecule has 2 aliphatic rings. The molecule has 0 unspecified atom stereocenters. The SMILES string of the molecule is CC1(C)OB(c2cnc3c(c2)n(CC2CCC(O[Si](C)(C)C(C)(C)C)CC2)c(=O)n3-c2ccccc2)OC1(C)C. The lowest BCUT2D eigenvalue weighted by molar-refractivity contribution is 0.00578. The Bertz CT molecular complexity index is 1400. The molecule has 2 aromatic heterocycles. The highest BCUT2D eigenvalue weighted by molar-refractivity contribution is 6.74. The Kier molecular flexibility index (Phi) is 7.52. The smallest absolute Gasteiger partial charge is 0.414 e. The number of nitrogens with zero attached hydrogens (tertiary/aromatic N) is 3. The molecule has 3 aromatic rings. The zero-order valence-electron chi connectivity index (χ0n) is 25.8. The fraction of sp³-hybridized carbons (Fsp3) is 0.613. The summed E-state index contributed by atoms with van der Waals surface area (Å²) in [5, 5.41) is 0.207. The first-order valence-corrected chi connectivity index (χ1v) is 17.7. The van der Waals surface area contributed by atoms with Crippen molar-refractivity contribution in [2.24, 2.45) is 5.92 Å². The first-order valence-electron chi connectivity index (χ1n) is 14.8. The van der Waals surface area contributed by atoms with E-state index in [4.69, 9.17) is 18.7 Å². The van der Waals surface area contributed by atoms with Crippen molar-refractivity contribution < 1.29 is 13.7 Å². The highest BCUT2D eigenvalue weighted by Gasteiger charge is 2.52. The van der Waals surface area contributed by atoms with Crippen molar-refractivity contribution >= 4 is 32.1 Å². The van der Waals surface area contributed by atoms with Crippen molar-refractivity contribution in [1.29, 1.82) is 0 Å². The number of aromatic nitrogens is 3. The first-order chi connectivity index (χ1) is 18.6. The quantitative estimate of drug-likeness (QED) is 0.341. The average molecular weight is 564 g/mol. The third-order valence-corrected chi connectivity index (χ3v) is 14.4. The minimum absolute atomic E-state index is 0.0561. The van der Waals surface area contributed by atoms with Gasteiger partial charge in [0.05, 0.1) is 22.4 Å². The zero-order valence-corrected chi connectivity index (χ0v) is 26.8. The molecule has 216 valence electrons. The molecule has 0 radical (unpaired) electrons. The molecule has 1 aliphatic heterocycles. The molecule has 3 heterocycles. The molecule has 9 heteroatoms. The maximum atomic E-state index is 14.0. The van der Waals surface area contributed by atoms with Crippen molar-refractivity contribution in [3.63, 3.8) is 0 Å². The maximum Gasteiger partial charge on any atom is 0.496 e. The van der Waals surface area contributed by atoms with Crippen molar-refractivity contribution in [3.8, 4) is 5.69 Å². The van der Waals surface area contributed by atoms with Crippen LogP contribution in [0.15, 0.2) is 47.4 Å². The van der Waals surface area contributed by atoms with Crippen LogP contribution in [0.2, 0.25) is 18.1 Å². The van der Waals surface area contributed by atoms with E-state index in [2.05, 4.69) is 33.9 Å². The number of benzene rings is 1. The summed E-state index contributed by atoms with van der Waals surface area (Å²) in [5.41, 5.74) is 2.17. The van der Waals surface area contributed by atoms with Gasteiger partial charge in [-0.15, -0.1) is 0 Å². The molecule has 7 nitrogen and oxygen atoms in total. The van der Waals surface area contributed by atoms with Crippen molar-refractivity contribution in [2.45, 2.75) is 116 Å². The van der Waals surface area contributed by atoms with Gasteiger partial charge in [-0.2, -0.15) is 0 Å². The number of fused-ring (bicyclic) bond motifs is 1. The van der Waals surface area contributed by atoms with Gasteiger partial charge in [0.25, 0.3) is 0 Å². The highest BCUT2D eigenvalue weighted by atomic mass is 28.4. The van der Waals surface area contributed by atoms with Gasteiger partial charge in [0.1, 0.15) is 0 Å². The normalized spacial score (nSPS) is 23.2. The summed E-state index contributed by atoms with van der Waals surface area (Å²) in [6.07, 6.45) is 6.29. The summed E-state index contributed by atoms with van der Waals surface area (Å²) in [7, 11) is -2.33. The van der Waals surface area contributed by atoms with E-state index in [0.717, 1.165) is 42.4 Å². The average Bonchev–Trinajstić information content (AvgIpc) is 3.27. The summed E-state index contributed by atoms with van der Waals surface area (Å²) in [6.45, 7) is 20.4. The fourth-order valence-corrected chi connectivity index (χ4v) is 6.95. The summed E-state index contributed by atoms with van der Waals surface area (Å²) < 4.78 is 23.0. The Hall–Kier alpha value is -2.20. The van der Waals surface area contributed by atoms with Crippen LogP contribution in [-0.2, 0) is 20.3 Å². The summed E-state index contributed by atoms with van der Waals surface area (Å²) in [6, 6.07) is 11.8. The third-order valence-electron chi connectivity index (χ3n) is 9.84. The molecule has 5 rings (SSSR count). The maximum absolute atomic E-state index is 14.0. The number of pyridine rings is 1. The minimum Gasteiger partial charge on any atom is -0.414 e. The van der Waals surface area contributed by atoms with E-state index in [1.165, 1.54) is 0 Å². The molecule has 0 N–H and O–H groups in total. The number of hydrogen-bond donors (Lipinski definition) is 0. The van der Waals surface area contributed by atoms with Gasteiger partial charge < -0.3 is 13.7 Å². The second-order valence-corrected chi connectivity index (χ2v) is 19.0. The zero-order chi connectivity index (χ0) is 29.1. The molecule has 0 spiro atoms. The van der Waals surface area contributed by atoms with Crippen LogP contribution in [-0.4, -0.2) is 46.9 Å². The summed E-state index contributed by atoms with van der Waals surface area (Å²) in [5.74, 6) is 0.410. The van der Waals surface area contributed by atoms with Crippen molar-refractivity contribution in [3.05, 3.63) is 53.1 Å². The lowest BCUT2D eigenvalue weighted by Crippen LogP contribution is -2.44. The molecule has 1 saturated carbocycles. The van der Waals surface area contributed by atoms with E-state index in [1.54, 1.807) is 10.8 Å².